The van der Waals surface area contributed by atoms with E-state index in [2.05, 4.69) is 10.2 Å². The van der Waals surface area contributed by atoms with Crippen LogP contribution in [0.4, 0.5) is 0 Å². The van der Waals surface area contributed by atoms with Crippen LogP contribution in [0.25, 0.3) is 0 Å². The van der Waals surface area contributed by atoms with Crippen molar-refractivity contribution in [2.75, 3.05) is 0 Å². The average Bonchev–Trinajstić information content (AvgIpc) is 2.13. The second-order valence-corrected chi connectivity index (χ2v) is 2.78. The van der Waals surface area contributed by atoms with Crippen LogP contribution < -0.4 is 5.73 Å². The standard InChI is InChI=1S/C6H10ClN3/c1-4(8)2-5-3-6(7)10-9-5/h3-4H,2,8H2,1H3,(H,9,10). The van der Waals surface area contributed by atoms with Crippen molar-refractivity contribution in [3.8, 4) is 0 Å². The molecule has 4 heteroatoms. The highest BCUT2D eigenvalue weighted by atomic mass is 35.5. The Morgan fingerprint density at radius 3 is 3.00 bits per heavy atom. The Morgan fingerprint density at radius 1 is 1.90 bits per heavy atom. The van der Waals surface area contributed by atoms with Crippen molar-refractivity contribution < 1.29 is 0 Å². The summed E-state index contributed by atoms with van der Waals surface area (Å²) >= 11 is 5.56. The van der Waals surface area contributed by atoms with Gasteiger partial charge in [0, 0.05) is 18.2 Å². The fraction of sp³-hybridized carbons (Fsp3) is 0.500. The van der Waals surface area contributed by atoms with Crippen LogP contribution in [0.3, 0.4) is 0 Å². The lowest BCUT2D eigenvalue weighted by Crippen LogP contribution is -2.17. The molecule has 1 heterocycles. The van der Waals surface area contributed by atoms with Crippen LogP contribution in [0.5, 0.6) is 0 Å². The molecule has 1 aromatic heterocycles. The Labute approximate surface area is 64.6 Å². The monoisotopic (exact) mass is 159 g/mol. The van der Waals surface area contributed by atoms with Crippen LogP contribution in [0.1, 0.15) is 12.6 Å². The largest absolute Gasteiger partial charge is 0.328 e. The van der Waals surface area contributed by atoms with Crippen molar-refractivity contribution in [3.05, 3.63) is 16.9 Å². The summed E-state index contributed by atoms with van der Waals surface area (Å²) in [5.41, 5.74) is 6.53. The Bertz CT molecular complexity index is 207. The van der Waals surface area contributed by atoms with Gasteiger partial charge < -0.3 is 5.73 Å². The maximum atomic E-state index is 5.56. The minimum atomic E-state index is 0.150. The van der Waals surface area contributed by atoms with Crippen LogP contribution in [0, 0.1) is 0 Å². The predicted octanol–water partition coefficient (Wildman–Crippen LogP) is 0.953. The number of H-pyrrole nitrogens is 1. The molecule has 0 aliphatic rings. The normalized spacial score (nSPS) is 13.5. The Hall–Kier alpha value is -0.540. The van der Waals surface area contributed by atoms with Gasteiger partial charge in [0.05, 0.1) is 0 Å². The summed E-state index contributed by atoms with van der Waals surface area (Å²) in [7, 11) is 0. The first-order valence-corrected chi connectivity index (χ1v) is 3.51. The smallest absolute Gasteiger partial charge is 0.151 e. The van der Waals surface area contributed by atoms with E-state index < -0.39 is 0 Å². The van der Waals surface area contributed by atoms with Crippen molar-refractivity contribution in [1.29, 1.82) is 0 Å². The van der Waals surface area contributed by atoms with Crippen LogP contribution in [0.2, 0.25) is 5.15 Å². The first-order chi connectivity index (χ1) is 4.68. The van der Waals surface area contributed by atoms with Crippen molar-refractivity contribution >= 4 is 11.6 Å². The summed E-state index contributed by atoms with van der Waals surface area (Å²) in [6, 6.07) is 1.93. The maximum absolute atomic E-state index is 5.56. The molecule has 0 bridgehead atoms. The van der Waals surface area contributed by atoms with E-state index in [-0.39, 0.29) is 6.04 Å². The minimum absolute atomic E-state index is 0.150. The van der Waals surface area contributed by atoms with E-state index >= 15 is 0 Å². The summed E-state index contributed by atoms with van der Waals surface area (Å²) in [4.78, 5) is 0. The van der Waals surface area contributed by atoms with Gasteiger partial charge in [-0.25, -0.2) is 0 Å². The Kier molecular flexibility index (Phi) is 2.29. The molecule has 1 rings (SSSR count). The molecule has 10 heavy (non-hydrogen) atoms. The van der Waals surface area contributed by atoms with Gasteiger partial charge >= 0.3 is 0 Å². The molecule has 0 fully saturated rings. The predicted molar refractivity (Wildman–Crippen MR) is 41.0 cm³/mol. The SMILES string of the molecule is CC(N)Cc1cc(Cl)n[nH]1. The molecular formula is C6H10ClN3. The van der Waals surface area contributed by atoms with Crippen molar-refractivity contribution in [2.45, 2.75) is 19.4 Å². The number of hydrogen-bond acceptors (Lipinski definition) is 2. The molecule has 0 saturated heterocycles. The minimum Gasteiger partial charge on any atom is -0.328 e. The van der Waals surface area contributed by atoms with Crippen LogP contribution in [0.15, 0.2) is 6.07 Å². The van der Waals surface area contributed by atoms with Crippen molar-refractivity contribution in [2.24, 2.45) is 5.73 Å². The first-order valence-electron chi connectivity index (χ1n) is 3.14. The van der Waals surface area contributed by atoms with Gasteiger partial charge in [-0.05, 0) is 13.0 Å². The number of nitrogens with two attached hydrogens (primary N) is 1. The van der Waals surface area contributed by atoms with E-state index in [1.54, 1.807) is 6.07 Å². The third kappa shape index (κ3) is 2.01. The van der Waals surface area contributed by atoms with E-state index in [1.165, 1.54) is 0 Å². The van der Waals surface area contributed by atoms with Gasteiger partial charge in [0.25, 0.3) is 0 Å². The summed E-state index contributed by atoms with van der Waals surface area (Å²) in [5, 5.41) is 7.03. The van der Waals surface area contributed by atoms with Crippen molar-refractivity contribution in [1.82, 2.24) is 10.2 Å². The van der Waals surface area contributed by atoms with Crippen LogP contribution >= 0.6 is 11.6 Å². The number of aromatic amines is 1. The van der Waals surface area contributed by atoms with E-state index in [0.29, 0.717) is 5.15 Å². The molecule has 3 N–H and O–H groups in total. The number of aromatic nitrogens is 2. The quantitative estimate of drug-likeness (QED) is 0.675. The summed E-state index contributed by atoms with van der Waals surface area (Å²) in [5.74, 6) is 0. The lowest BCUT2D eigenvalue weighted by atomic mass is 10.2. The molecule has 0 radical (unpaired) electrons. The molecule has 0 aliphatic heterocycles. The Morgan fingerprint density at radius 2 is 2.60 bits per heavy atom. The van der Waals surface area contributed by atoms with E-state index in [1.807, 2.05) is 6.92 Å². The highest BCUT2D eigenvalue weighted by molar-refractivity contribution is 6.29. The number of hydrogen-bond donors (Lipinski definition) is 2. The number of halogens is 1. The topological polar surface area (TPSA) is 54.7 Å². The lowest BCUT2D eigenvalue weighted by molar-refractivity contribution is 0.719. The second-order valence-electron chi connectivity index (χ2n) is 2.40. The zero-order valence-electron chi connectivity index (χ0n) is 5.76. The van der Waals surface area contributed by atoms with Gasteiger partial charge in [-0.2, -0.15) is 5.10 Å². The molecule has 1 unspecified atom stereocenters. The molecule has 3 nitrogen and oxygen atoms in total. The van der Waals surface area contributed by atoms with Gasteiger partial charge in [-0.3, -0.25) is 5.10 Å². The van der Waals surface area contributed by atoms with Gasteiger partial charge in [0.15, 0.2) is 5.15 Å². The summed E-state index contributed by atoms with van der Waals surface area (Å²) in [6.45, 7) is 1.94. The molecular weight excluding hydrogens is 150 g/mol. The fourth-order valence-corrected chi connectivity index (χ4v) is 0.959. The first kappa shape index (κ1) is 7.57. The number of nitrogens with zero attached hydrogens (tertiary/aromatic N) is 1. The average molecular weight is 160 g/mol. The van der Waals surface area contributed by atoms with Crippen molar-refractivity contribution in [3.63, 3.8) is 0 Å². The zero-order valence-corrected chi connectivity index (χ0v) is 6.52. The van der Waals surface area contributed by atoms with Crippen LogP contribution in [-0.4, -0.2) is 16.2 Å². The maximum Gasteiger partial charge on any atom is 0.151 e. The van der Waals surface area contributed by atoms with E-state index in [9.17, 15) is 0 Å². The Balaban J connectivity index is 2.58. The summed E-state index contributed by atoms with van der Waals surface area (Å²) in [6.07, 6.45) is 0.791. The lowest BCUT2D eigenvalue weighted by Gasteiger charge is -1.99. The highest BCUT2D eigenvalue weighted by Crippen LogP contribution is 2.06. The third-order valence-electron chi connectivity index (χ3n) is 1.14. The molecule has 1 aromatic rings. The highest BCUT2D eigenvalue weighted by Gasteiger charge is 2.00. The van der Waals surface area contributed by atoms with Gasteiger partial charge in [-0.15, -0.1) is 0 Å². The molecule has 0 aromatic carbocycles. The molecule has 0 spiro atoms. The fourth-order valence-electron chi connectivity index (χ4n) is 0.785. The molecule has 56 valence electrons. The number of nitrogens with one attached hydrogen (secondary N) is 1. The van der Waals surface area contributed by atoms with Crippen LogP contribution in [-0.2, 0) is 6.42 Å². The number of rotatable bonds is 2. The zero-order chi connectivity index (χ0) is 7.56. The second kappa shape index (κ2) is 3.03. The van der Waals surface area contributed by atoms with Gasteiger partial charge in [0.2, 0.25) is 0 Å². The molecule has 1 atom stereocenters. The molecule has 0 amide bonds. The van der Waals surface area contributed by atoms with E-state index in [0.717, 1.165) is 12.1 Å². The molecule has 0 saturated carbocycles. The third-order valence-corrected chi connectivity index (χ3v) is 1.34. The summed E-state index contributed by atoms with van der Waals surface area (Å²) < 4.78 is 0. The molecule has 0 aliphatic carbocycles. The van der Waals surface area contributed by atoms with Gasteiger partial charge in [-0.1, -0.05) is 11.6 Å². The van der Waals surface area contributed by atoms with Gasteiger partial charge in [0.1, 0.15) is 0 Å². The van der Waals surface area contributed by atoms with E-state index in [4.69, 9.17) is 17.3 Å².